The largest absolute Gasteiger partial charge is 0.315 e. The molecule has 3 heteroatoms. The van der Waals surface area contributed by atoms with Crippen molar-refractivity contribution >= 4 is 0 Å². The maximum absolute atomic E-state index is 4.53. The van der Waals surface area contributed by atoms with Crippen LogP contribution in [0, 0.1) is 12.3 Å². The Morgan fingerprint density at radius 3 is 2.61 bits per heavy atom. The van der Waals surface area contributed by atoms with Crippen molar-refractivity contribution in [2.24, 2.45) is 5.41 Å². The van der Waals surface area contributed by atoms with Crippen LogP contribution in [0.4, 0.5) is 0 Å². The summed E-state index contributed by atoms with van der Waals surface area (Å²) in [5, 5.41) is 8.03. The second-order valence-electron chi connectivity index (χ2n) is 6.10. The van der Waals surface area contributed by atoms with Gasteiger partial charge in [-0.1, -0.05) is 20.8 Å². The third kappa shape index (κ3) is 4.45. The predicted octanol–water partition coefficient (Wildman–Crippen LogP) is 3.17. The van der Waals surface area contributed by atoms with Gasteiger partial charge in [0.25, 0.3) is 0 Å². The molecule has 0 aliphatic carbocycles. The normalized spacial score (nSPS) is 13.9. The lowest BCUT2D eigenvalue weighted by molar-refractivity contribution is 0.282. The summed E-state index contributed by atoms with van der Waals surface area (Å²) in [6.45, 7) is 15.4. The van der Waals surface area contributed by atoms with E-state index in [1.165, 1.54) is 12.1 Å². The number of rotatable bonds is 7. The van der Waals surface area contributed by atoms with E-state index < -0.39 is 0 Å². The van der Waals surface area contributed by atoms with Crippen LogP contribution in [0.25, 0.3) is 0 Å². The highest BCUT2D eigenvalue weighted by atomic mass is 15.3. The second kappa shape index (κ2) is 6.37. The highest BCUT2D eigenvalue weighted by Crippen LogP contribution is 2.27. The molecule has 0 bridgehead atoms. The van der Waals surface area contributed by atoms with Gasteiger partial charge in [0.1, 0.15) is 0 Å². The first kappa shape index (κ1) is 15.2. The van der Waals surface area contributed by atoms with Gasteiger partial charge in [0.2, 0.25) is 0 Å². The van der Waals surface area contributed by atoms with Gasteiger partial charge in [-0.2, -0.15) is 5.10 Å². The molecule has 3 nitrogen and oxygen atoms in total. The molecule has 1 N–H and O–H groups in total. The lowest BCUT2D eigenvalue weighted by Crippen LogP contribution is -2.32. The minimum absolute atomic E-state index is 0.307. The molecule has 0 aliphatic rings. The molecule has 0 saturated heterocycles. The quantitative estimate of drug-likeness (QED) is 0.806. The molecule has 0 fully saturated rings. The molecule has 0 saturated carbocycles. The SMILES string of the molecule is CCNC(C)CC(C)(C)Cc1cc(C)nn1CC. The molecule has 0 spiro atoms. The second-order valence-corrected chi connectivity index (χ2v) is 6.10. The summed E-state index contributed by atoms with van der Waals surface area (Å²) in [7, 11) is 0. The highest BCUT2D eigenvalue weighted by molar-refractivity contribution is 5.11. The van der Waals surface area contributed by atoms with E-state index in [1.54, 1.807) is 0 Å². The first-order valence-corrected chi connectivity index (χ1v) is 7.14. The van der Waals surface area contributed by atoms with Crippen molar-refractivity contribution in [1.82, 2.24) is 15.1 Å². The summed E-state index contributed by atoms with van der Waals surface area (Å²) in [5.74, 6) is 0. The predicted molar refractivity (Wildman–Crippen MR) is 77.9 cm³/mol. The van der Waals surface area contributed by atoms with Crippen LogP contribution in [-0.4, -0.2) is 22.4 Å². The van der Waals surface area contributed by atoms with Crippen LogP contribution < -0.4 is 5.32 Å². The van der Waals surface area contributed by atoms with Crippen LogP contribution in [0.15, 0.2) is 6.07 Å². The Hall–Kier alpha value is -0.830. The maximum Gasteiger partial charge on any atom is 0.0596 e. The molecule has 1 aromatic rings. The van der Waals surface area contributed by atoms with E-state index in [-0.39, 0.29) is 0 Å². The van der Waals surface area contributed by atoms with Crippen molar-refractivity contribution in [3.63, 3.8) is 0 Å². The average Bonchev–Trinajstić information content (AvgIpc) is 2.56. The van der Waals surface area contributed by atoms with Crippen LogP contribution in [0.5, 0.6) is 0 Å². The van der Waals surface area contributed by atoms with Crippen molar-refractivity contribution < 1.29 is 0 Å². The topological polar surface area (TPSA) is 29.9 Å². The van der Waals surface area contributed by atoms with Gasteiger partial charge in [-0.15, -0.1) is 0 Å². The van der Waals surface area contributed by atoms with Crippen molar-refractivity contribution in [2.45, 2.75) is 67.0 Å². The summed E-state index contributed by atoms with van der Waals surface area (Å²) in [4.78, 5) is 0. The van der Waals surface area contributed by atoms with E-state index in [4.69, 9.17) is 0 Å². The Labute approximate surface area is 112 Å². The lowest BCUT2D eigenvalue weighted by Gasteiger charge is -2.28. The number of hydrogen-bond donors (Lipinski definition) is 1. The van der Waals surface area contributed by atoms with Gasteiger partial charge in [0.15, 0.2) is 0 Å². The van der Waals surface area contributed by atoms with E-state index in [0.717, 1.165) is 25.2 Å². The molecule has 1 atom stereocenters. The fourth-order valence-corrected chi connectivity index (χ4v) is 2.83. The minimum atomic E-state index is 0.307. The summed E-state index contributed by atoms with van der Waals surface area (Å²) in [6.07, 6.45) is 2.28. The Morgan fingerprint density at radius 2 is 2.06 bits per heavy atom. The molecule has 0 amide bonds. The molecule has 1 rings (SSSR count). The maximum atomic E-state index is 4.53. The van der Waals surface area contributed by atoms with Gasteiger partial charge in [-0.25, -0.2) is 0 Å². The summed E-state index contributed by atoms with van der Waals surface area (Å²) in [5.41, 5.74) is 2.80. The van der Waals surface area contributed by atoms with Crippen LogP contribution >= 0.6 is 0 Å². The summed E-state index contributed by atoms with van der Waals surface area (Å²) >= 11 is 0. The van der Waals surface area contributed by atoms with Crippen LogP contribution in [0.2, 0.25) is 0 Å². The summed E-state index contributed by atoms with van der Waals surface area (Å²) in [6, 6.07) is 2.80. The van der Waals surface area contributed by atoms with Crippen molar-refractivity contribution in [3.8, 4) is 0 Å². The lowest BCUT2D eigenvalue weighted by atomic mass is 9.81. The number of aryl methyl sites for hydroxylation is 2. The number of hydrogen-bond acceptors (Lipinski definition) is 2. The molecule has 18 heavy (non-hydrogen) atoms. The molecular formula is C15H29N3. The highest BCUT2D eigenvalue weighted by Gasteiger charge is 2.23. The fraction of sp³-hybridized carbons (Fsp3) is 0.800. The van der Waals surface area contributed by atoms with Crippen LogP contribution in [-0.2, 0) is 13.0 Å². The van der Waals surface area contributed by atoms with Gasteiger partial charge in [0.05, 0.1) is 5.69 Å². The first-order chi connectivity index (χ1) is 8.38. The van der Waals surface area contributed by atoms with E-state index >= 15 is 0 Å². The van der Waals surface area contributed by atoms with E-state index in [9.17, 15) is 0 Å². The van der Waals surface area contributed by atoms with Gasteiger partial charge in [0, 0.05) is 18.3 Å². The van der Waals surface area contributed by atoms with Crippen LogP contribution in [0.3, 0.4) is 0 Å². The van der Waals surface area contributed by atoms with Crippen molar-refractivity contribution in [3.05, 3.63) is 17.5 Å². The Kier molecular flexibility index (Phi) is 5.39. The van der Waals surface area contributed by atoms with E-state index in [2.05, 4.69) is 62.7 Å². The molecule has 1 unspecified atom stereocenters. The molecule has 1 aromatic heterocycles. The number of nitrogens with zero attached hydrogens (tertiary/aromatic N) is 2. The van der Waals surface area contributed by atoms with Crippen molar-refractivity contribution in [1.29, 1.82) is 0 Å². The number of nitrogens with one attached hydrogen (secondary N) is 1. The zero-order chi connectivity index (χ0) is 13.8. The van der Waals surface area contributed by atoms with E-state index in [1.807, 2.05) is 0 Å². The zero-order valence-corrected chi connectivity index (χ0v) is 12.9. The Bertz CT molecular complexity index is 366. The Morgan fingerprint density at radius 1 is 1.39 bits per heavy atom. The van der Waals surface area contributed by atoms with Gasteiger partial charge in [-0.05, 0) is 51.6 Å². The van der Waals surface area contributed by atoms with Gasteiger partial charge in [-0.3, -0.25) is 4.68 Å². The number of aromatic nitrogens is 2. The third-order valence-corrected chi connectivity index (χ3v) is 3.36. The van der Waals surface area contributed by atoms with Crippen LogP contribution in [0.1, 0.15) is 52.4 Å². The Balaban J connectivity index is 2.68. The smallest absolute Gasteiger partial charge is 0.0596 e. The average molecular weight is 251 g/mol. The molecule has 1 heterocycles. The molecule has 104 valence electrons. The van der Waals surface area contributed by atoms with Gasteiger partial charge >= 0.3 is 0 Å². The molecule has 0 aliphatic heterocycles. The zero-order valence-electron chi connectivity index (χ0n) is 12.9. The fourth-order valence-electron chi connectivity index (χ4n) is 2.83. The standard InChI is InChI=1S/C15H29N3/c1-7-16-13(4)10-15(5,6)11-14-9-12(3)17-18(14)8-2/h9,13,16H,7-8,10-11H2,1-6H3. The third-order valence-electron chi connectivity index (χ3n) is 3.36. The molecule has 0 aromatic carbocycles. The monoisotopic (exact) mass is 251 g/mol. The first-order valence-electron chi connectivity index (χ1n) is 7.14. The molecule has 0 radical (unpaired) electrons. The summed E-state index contributed by atoms with van der Waals surface area (Å²) < 4.78 is 2.13. The minimum Gasteiger partial charge on any atom is -0.315 e. The molecular weight excluding hydrogens is 222 g/mol. The van der Waals surface area contributed by atoms with Gasteiger partial charge < -0.3 is 5.32 Å². The van der Waals surface area contributed by atoms with E-state index in [0.29, 0.717) is 11.5 Å². The van der Waals surface area contributed by atoms with Crippen molar-refractivity contribution in [2.75, 3.05) is 6.54 Å².